The first kappa shape index (κ1) is 56.8. The van der Waals surface area contributed by atoms with Crippen LogP contribution in [0.5, 0.6) is 34.5 Å². The fraction of sp³-hybridized carbons (Fsp3) is 0.500. The summed E-state index contributed by atoms with van der Waals surface area (Å²) in [5.41, 5.74) is -0.130. The maximum absolute atomic E-state index is 13.6. The van der Waals surface area contributed by atoms with E-state index in [1.165, 1.54) is 12.1 Å². The SMILES string of the molecule is CCC(=O)OCCCCCCOc1ccc(OC(=O)C2CCC(C(=O)Oc3ccc(OC(=O)C4CCC(C(=O)Oc5ccc(OCCCCCCOC(=O)CC)cc5)CC4)c4c3SC(=C(C#N)C#N)S4)CC2)cc1. The molecule has 74 heavy (non-hydrogen) atoms. The summed E-state index contributed by atoms with van der Waals surface area (Å²) < 4.78 is 45.4. The van der Waals surface area contributed by atoms with Crippen LogP contribution in [-0.2, 0) is 38.2 Å². The number of hydrogen-bond donors (Lipinski definition) is 0. The lowest BCUT2D eigenvalue weighted by Crippen LogP contribution is -2.30. The predicted molar refractivity (Wildman–Crippen MR) is 273 cm³/mol. The van der Waals surface area contributed by atoms with Gasteiger partial charge in [-0.3, -0.25) is 28.8 Å². The minimum Gasteiger partial charge on any atom is -0.494 e. The van der Waals surface area contributed by atoms with Crippen molar-refractivity contribution < 1.29 is 66.7 Å². The van der Waals surface area contributed by atoms with Gasteiger partial charge in [-0.1, -0.05) is 37.4 Å². The largest absolute Gasteiger partial charge is 0.494 e. The van der Waals surface area contributed by atoms with Gasteiger partial charge in [0.15, 0.2) is 0 Å². The van der Waals surface area contributed by atoms with Crippen LogP contribution in [0.1, 0.15) is 129 Å². The number of nitriles is 2. The first-order chi connectivity index (χ1) is 36.0. The zero-order chi connectivity index (χ0) is 52.7. The number of ether oxygens (including phenoxy) is 8. The Labute approximate surface area is 441 Å². The molecule has 0 aromatic heterocycles. The van der Waals surface area contributed by atoms with E-state index in [4.69, 9.17) is 37.9 Å². The lowest BCUT2D eigenvalue weighted by Gasteiger charge is -2.26. The molecule has 0 atom stereocenters. The monoisotopic (exact) mass is 1050 g/mol. The van der Waals surface area contributed by atoms with E-state index in [-0.39, 0.29) is 40.9 Å². The molecule has 0 spiro atoms. The lowest BCUT2D eigenvalue weighted by atomic mass is 9.82. The minimum atomic E-state index is -0.485. The predicted octanol–water partition coefficient (Wildman–Crippen LogP) is 11.6. The molecule has 6 rings (SSSR count). The van der Waals surface area contributed by atoms with Crippen molar-refractivity contribution in [1.29, 1.82) is 10.5 Å². The summed E-state index contributed by atoms with van der Waals surface area (Å²) in [7, 11) is 0. The number of nitrogens with zero attached hydrogens (tertiary/aromatic N) is 2. The van der Waals surface area contributed by atoms with Crippen LogP contribution in [0.15, 0.2) is 80.3 Å². The average molecular weight is 1050 g/mol. The highest BCUT2D eigenvalue weighted by molar-refractivity contribution is 8.24. The standard InChI is InChI=1S/C56H64N2O14S2/c1-3-48(59)67-33-11-7-5-9-31-65-42-21-25-44(26-22-42)69-52(61)37-13-17-39(18-14-37)54(63)71-46-29-30-47(51-50(46)73-56(74-51)41(35-57)36-58)72-55(64)40-19-15-38(16-20-40)53(62)70-45-27-23-43(24-28-45)66-32-10-6-8-12-34-68-49(60)4-2/h21-30,37-40H,3-20,31-34H2,1-2H3. The van der Waals surface area contributed by atoms with Gasteiger partial charge in [-0.2, -0.15) is 10.5 Å². The Morgan fingerprint density at radius 1 is 0.446 bits per heavy atom. The second-order valence-electron chi connectivity index (χ2n) is 18.2. The van der Waals surface area contributed by atoms with E-state index in [1.54, 1.807) is 62.4 Å². The lowest BCUT2D eigenvalue weighted by molar-refractivity contribution is -0.145. The molecule has 0 amide bonds. The van der Waals surface area contributed by atoms with Gasteiger partial charge in [0.05, 0.1) is 64.1 Å². The number of carbonyl (C=O) groups excluding carboxylic acids is 6. The van der Waals surface area contributed by atoms with Gasteiger partial charge in [0.1, 0.15) is 52.2 Å². The Morgan fingerprint density at radius 3 is 1.08 bits per heavy atom. The molecule has 3 aliphatic rings. The molecule has 394 valence electrons. The summed E-state index contributed by atoms with van der Waals surface area (Å²) in [6.45, 7) is 5.49. The van der Waals surface area contributed by atoms with Crippen molar-refractivity contribution in [3.63, 3.8) is 0 Å². The molecule has 2 saturated carbocycles. The van der Waals surface area contributed by atoms with Crippen molar-refractivity contribution in [1.82, 2.24) is 0 Å². The first-order valence-electron chi connectivity index (χ1n) is 25.7. The molecular weight excluding hydrogens is 989 g/mol. The van der Waals surface area contributed by atoms with Crippen LogP contribution in [0.2, 0.25) is 0 Å². The average Bonchev–Trinajstić information content (AvgIpc) is 3.88. The summed E-state index contributed by atoms with van der Waals surface area (Å²) >= 11 is 2.18. The quantitative estimate of drug-likeness (QED) is 0.0315. The Balaban J connectivity index is 0.924. The number of thioether (sulfide) groups is 2. The number of allylic oxidation sites excluding steroid dienone is 1. The molecule has 0 saturated heterocycles. The van der Waals surface area contributed by atoms with Gasteiger partial charge in [0, 0.05) is 12.8 Å². The van der Waals surface area contributed by atoms with Crippen molar-refractivity contribution in [3.05, 3.63) is 70.5 Å². The minimum absolute atomic E-state index is 0.130. The summed E-state index contributed by atoms with van der Waals surface area (Å²) in [5.74, 6) is -1.32. The van der Waals surface area contributed by atoms with E-state index >= 15 is 0 Å². The van der Waals surface area contributed by atoms with Gasteiger partial charge >= 0.3 is 35.8 Å². The normalized spacial score (nSPS) is 17.8. The van der Waals surface area contributed by atoms with Gasteiger partial charge in [-0.15, -0.1) is 0 Å². The third-order valence-corrected chi connectivity index (χ3v) is 15.5. The number of rotatable bonds is 26. The highest BCUT2D eigenvalue weighted by Gasteiger charge is 2.37. The van der Waals surface area contributed by atoms with E-state index in [9.17, 15) is 39.3 Å². The third kappa shape index (κ3) is 17.6. The second kappa shape index (κ2) is 30.0. The van der Waals surface area contributed by atoms with Crippen LogP contribution in [0.4, 0.5) is 0 Å². The molecule has 2 aliphatic carbocycles. The van der Waals surface area contributed by atoms with Crippen LogP contribution in [0, 0.1) is 46.3 Å². The molecule has 18 heteroatoms. The summed E-state index contributed by atoms with van der Waals surface area (Å²) in [5, 5.41) is 19.4. The van der Waals surface area contributed by atoms with Gasteiger partial charge in [0.25, 0.3) is 0 Å². The van der Waals surface area contributed by atoms with Crippen molar-refractivity contribution in [2.45, 2.75) is 139 Å². The molecule has 0 radical (unpaired) electrons. The molecule has 1 heterocycles. The Morgan fingerprint density at radius 2 is 0.757 bits per heavy atom. The number of unbranched alkanes of at least 4 members (excludes halogenated alkanes) is 6. The number of carbonyl (C=O) groups is 6. The zero-order valence-corrected chi connectivity index (χ0v) is 43.7. The Kier molecular flexibility index (Phi) is 23.0. The molecule has 0 unspecified atom stereocenters. The van der Waals surface area contributed by atoms with Crippen molar-refractivity contribution in [2.24, 2.45) is 23.7 Å². The topological polar surface area (TPSA) is 224 Å². The molecule has 1 aliphatic heterocycles. The van der Waals surface area contributed by atoms with Crippen LogP contribution in [0.3, 0.4) is 0 Å². The van der Waals surface area contributed by atoms with Gasteiger partial charge in [-0.05, 0) is 163 Å². The van der Waals surface area contributed by atoms with Crippen molar-refractivity contribution in [3.8, 4) is 46.6 Å². The maximum Gasteiger partial charge on any atom is 0.314 e. The number of benzene rings is 3. The number of fused-ring (bicyclic) bond motifs is 1. The molecule has 0 N–H and O–H groups in total. The molecule has 3 aromatic rings. The fourth-order valence-corrected chi connectivity index (χ4v) is 11.0. The smallest absolute Gasteiger partial charge is 0.314 e. The van der Waals surface area contributed by atoms with E-state index in [0.29, 0.717) is 128 Å². The molecule has 2 fully saturated rings. The number of esters is 6. The first-order valence-corrected chi connectivity index (χ1v) is 27.3. The van der Waals surface area contributed by atoms with Gasteiger partial charge in [0.2, 0.25) is 0 Å². The van der Waals surface area contributed by atoms with Crippen LogP contribution in [-0.4, -0.2) is 62.2 Å². The third-order valence-electron chi connectivity index (χ3n) is 12.9. The van der Waals surface area contributed by atoms with Gasteiger partial charge in [-0.25, -0.2) is 0 Å². The molecular formula is C56H64N2O14S2. The highest BCUT2D eigenvalue weighted by Crippen LogP contribution is 2.59. The van der Waals surface area contributed by atoms with Crippen LogP contribution >= 0.6 is 23.5 Å². The Bertz CT molecular complexity index is 2350. The van der Waals surface area contributed by atoms with Crippen LogP contribution < -0.4 is 28.4 Å². The van der Waals surface area contributed by atoms with Crippen molar-refractivity contribution >= 4 is 59.3 Å². The van der Waals surface area contributed by atoms with E-state index in [2.05, 4.69) is 0 Å². The molecule has 16 nitrogen and oxygen atoms in total. The van der Waals surface area contributed by atoms with E-state index < -0.39 is 35.6 Å². The van der Waals surface area contributed by atoms with Crippen LogP contribution in [0.25, 0.3) is 0 Å². The fourth-order valence-electron chi connectivity index (χ4n) is 8.50. The van der Waals surface area contributed by atoms with Gasteiger partial charge < -0.3 is 37.9 Å². The second-order valence-corrected chi connectivity index (χ2v) is 20.5. The zero-order valence-electron chi connectivity index (χ0n) is 42.1. The summed E-state index contributed by atoms with van der Waals surface area (Å²) in [4.78, 5) is 76.8. The van der Waals surface area contributed by atoms with Crippen molar-refractivity contribution in [2.75, 3.05) is 26.4 Å². The molecule has 3 aromatic carbocycles. The maximum atomic E-state index is 13.6. The van der Waals surface area contributed by atoms with E-state index in [1.807, 2.05) is 12.1 Å². The Hall–Kier alpha value is -6.50. The highest BCUT2D eigenvalue weighted by atomic mass is 32.2. The summed E-state index contributed by atoms with van der Waals surface area (Å²) in [6, 6.07) is 20.6. The van der Waals surface area contributed by atoms with E-state index in [0.717, 1.165) is 74.9 Å². The number of hydrogen-bond acceptors (Lipinski definition) is 18. The molecule has 0 bridgehead atoms. The summed E-state index contributed by atoms with van der Waals surface area (Å²) in [6.07, 6.45) is 11.2.